The third-order valence-corrected chi connectivity index (χ3v) is 4.87. The van der Waals surface area contributed by atoms with Gasteiger partial charge in [-0.3, -0.25) is 14.3 Å². The van der Waals surface area contributed by atoms with Gasteiger partial charge in [0.1, 0.15) is 5.76 Å². The van der Waals surface area contributed by atoms with Gasteiger partial charge in [-0.15, -0.1) is 0 Å². The van der Waals surface area contributed by atoms with E-state index >= 15 is 0 Å². The van der Waals surface area contributed by atoms with E-state index in [1.54, 1.807) is 66.3 Å². The fraction of sp³-hybridized carbons (Fsp3) is 0.0909. The highest BCUT2D eigenvalue weighted by Gasteiger charge is 2.12. The molecule has 0 spiro atoms. The number of carbonyl (C=O) groups is 2. The highest BCUT2D eigenvalue weighted by atomic mass is 79.9. The molecular formula is C22H18BrN5O4. The number of nitrogens with one attached hydrogen (secondary N) is 2. The van der Waals surface area contributed by atoms with E-state index in [2.05, 4.69) is 36.9 Å². The molecule has 162 valence electrons. The number of nitrogens with zero attached hydrogens (tertiary/aromatic N) is 3. The van der Waals surface area contributed by atoms with Crippen molar-refractivity contribution >= 4 is 39.1 Å². The van der Waals surface area contributed by atoms with E-state index in [9.17, 15) is 9.59 Å². The van der Waals surface area contributed by atoms with Gasteiger partial charge in [0.05, 0.1) is 12.3 Å². The Hall–Kier alpha value is -3.92. The molecule has 2 N–H and O–H groups in total. The third-order valence-electron chi connectivity index (χ3n) is 4.45. The number of amides is 2. The van der Waals surface area contributed by atoms with Crippen molar-refractivity contribution in [1.29, 1.82) is 0 Å². The Labute approximate surface area is 191 Å². The molecule has 2 amide bonds. The first-order valence-corrected chi connectivity index (χ1v) is 10.3. The average molecular weight is 496 g/mol. The number of hydrogen-bond donors (Lipinski definition) is 2. The highest BCUT2D eigenvalue weighted by molar-refractivity contribution is 9.10. The van der Waals surface area contributed by atoms with Crippen molar-refractivity contribution in [3.05, 3.63) is 94.5 Å². The quantitative estimate of drug-likeness (QED) is 0.293. The van der Waals surface area contributed by atoms with Crippen molar-refractivity contribution in [3.8, 4) is 0 Å². The van der Waals surface area contributed by atoms with Crippen molar-refractivity contribution in [2.75, 3.05) is 5.32 Å². The number of halogens is 1. The summed E-state index contributed by atoms with van der Waals surface area (Å²) < 4.78 is 13.0. The van der Waals surface area contributed by atoms with Crippen LogP contribution in [-0.2, 0) is 6.54 Å². The molecule has 0 bridgehead atoms. The van der Waals surface area contributed by atoms with Crippen molar-refractivity contribution in [2.45, 2.75) is 13.5 Å². The van der Waals surface area contributed by atoms with Gasteiger partial charge >= 0.3 is 5.91 Å². The summed E-state index contributed by atoms with van der Waals surface area (Å²) in [5.41, 5.74) is 4.46. The molecule has 4 aromatic rings. The molecule has 3 heterocycles. The summed E-state index contributed by atoms with van der Waals surface area (Å²) in [5.74, 6) is 0.161. The fourth-order valence-electron chi connectivity index (χ4n) is 2.82. The molecule has 0 fully saturated rings. The van der Waals surface area contributed by atoms with Crippen LogP contribution in [0.5, 0.6) is 0 Å². The number of aromatic nitrogens is 2. The first kappa shape index (κ1) is 21.3. The molecule has 0 aliphatic rings. The Bertz CT molecular complexity index is 1260. The van der Waals surface area contributed by atoms with Gasteiger partial charge in [0.2, 0.25) is 0 Å². The predicted octanol–water partition coefficient (Wildman–Crippen LogP) is 4.29. The summed E-state index contributed by atoms with van der Waals surface area (Å²) in [4.78, 5) is 24.5. The molecular weight excluding hydrogens is 478 g/mol. The molecule has 1 aromatic carbocycles. The van der Waals surface area contributed by atoms with Crippen LogP contribution >= 0.6 is 15.9 Å². The molecule has 0 aliphatic heterocycles. The molecule has 4 rings (SSSR count). The van der Waals surface area contributed by atoms with Crippen LogP contribution in [0.3, 0.4) is 0 Å². The molecule has 0 atom stereocenters. The number of rotatable bonds is 7. The Morgan fingerprint density at radius 3 is 2.47 bits per heavy atom. The van der Waals surface area contributed by atoms with Crippen molar-refractivity contribution in [1.82, 2.24) is 15.2 Å². The second-order valence-corrected chi connectivity index (χ2v) is 7.52. The topological polar surface area (TPSA) is 115 Å². The Kier molecular flexibility index (Phi) is 6.31. The molecule has 0 unspecified atom stereocenters. The van der Waals surface area contributed by atoms with Crippen LogP contribution in [0.15, 0.2) is 85.6 Å². The maximum Gasteiger partial charge on any atom is 0.307 e. The lowest BCUT2D eigenvalue weighted by atomic mass is 10.1. The lowest BCUT2D eigenvalue weighted by Gasteiger charge is -2.06. The van der Waals surface area contributed by atoms with Gasteiger partial charge in [-0.25, -0.2) is 5.43 Å². The molecule has 3 aromatic heterocycles. The van der Waals surface area contributed by atoms with Crippen molar-refractivity contribution < 1.29 is 18.4 Å². The first-order chi connectivity index (χ1) is 15.5. The van der Waals surface area contributed by atoms with E-state index in [4.69, 9.17) is 8.83 Å². The van der Waals surface area contributed by atoms with Gasteiger partial charge < -0.3 is 14.2 Å². The lowest BCUT2D eigenvalue weighted by molar-refractivity contribution is 0.0924. The van der Waals surface area contributed by atoms with Crippen LogP contribution in [0, 0.1) is 0 Å². The fourth-order valence-corrected chi connectivity index (χ4v) is 3.12. The Morgan fingerprint density at radius 1 is 1.03 bits per heavy atom. The smallest absolute Gasteiger partial charge is 0.307 e. The van der Waals surface area contributed by atoms with Crippen LogP contribution in [0.1, 0.15) is 39.4 Å². The van der Waals surface area contributed by atoms with E-state index in [0.717, 1.165) is 5.56 Å². The molecule has 0 saturated carbocycles. The van der Waals surface area contributed by atoms with Crippen molar-refractivity contribution in [3.63, 3.8) is 0 Å². The maximum absolute atomic E-state index is 12.3. The van der Waals surface area contributed by atoms with Crippen LogP contribution in [-0.4, -0.2) is 27.3 Å². The monoisotopic (exact) mass is 495 g/mol. The van der Waals surface area contributed by atoms with Crippen LogP contribution in [0.4, 0.5) is 5.69 Å². The summed E-state index contributed by atoms with van der Waals surface area (Å²) >= 11 is 3.16. The first-order valence-electron chi connectivity index (χ1n) is 9.56. The molecule has 10 heteroatoms. The van der Waals surface area contributed by atoms with Gasteiger partial charge in [0, 0.05) is 18.1 Å². The molecule has 9 nitrogen and oxygen atoms in total. The van der Waals surface area contributed by atoms with Crippen LogP contribution in [0.2, 0.25) is 0 Å². The largest absolute Gasteiger partial charge is 0.454 e. The minimum absolute atomic E-state index is 0.159. The number of benzene rings is 1. The zero-order valence-electron chi connectivity index (χ0n) is 16.9. The minimum atomic E-state index is -0.454. The average Bonchev–Trinajstić information content (AvgIpc) is 3.55. The summed E-state index contributed by atoms with van der Waals surface area (Å²) in [7, 11) is 0. The van der Waals surface area contributed by atoms with E-state index in [1.807, 2.05) is 12.3 Å². The standard InChI is InChI=1S/C22H18BrN5O4/c1-14(15-3-5-16(6-4-15)25-21(29)18-9-10-20(23)32-18)26-27-22(30)19-8-7-17(31-19)13-28-12-2-11-24-28/h2-12H,13H2,1H3,(H,25,29)(H,27,30). The van der Waals surface area contributed by atoms with Crippen LogP contribution in [0.25, 0.3) is 0 Å². The molecule has 32 heavy (non-hydrogen) atoms. The molecule has 0 radical (unpaired) electrons. The number of hydrazone groups is 1. The van der Waals surface area contributed by atoms with E-state index in [-0.39, 0.29) is 17.4 Å². The van der Waals surface area contributed by atoms with Gasteiger partial charge in [0.15, 0.2) is 16.2 Å². The highest BCUT2D eigenvalue weighted by Crippen LogP contribution is 2.17. The summed E-state index contributed by atoms with van der Waals surface area (Å²) in [6, 6.07) is 15.4. The Morgan fingerprint density at radius 2 is 1.78 bits per heavy atom. The van der Waals surface area contributed by atoms with E-state index in [0.29, 0.717) is 28.4 Å². The molecule has 0 aliphatic carbocycles. The second kappa shape index (κ2) is 9.48. The summed E-state index contributed by atoms with van der Waals surface area (Å²) in [6.45, 7) is 2.20. The number of carbonyl (C=O) groups excluding carboxylic acids is 2. The number of furan rings is 2. The number of hydrogen-bond acceptors (Lipinski definition) is 6. The SMILES string of the molecule is CC(=NNC(=O)c1ccc(Cn2cccn2)o1)c1ccc(NC(=O)c2ccc(Br)o2)cc1. The summed E-state index contributed by atoms with van der Waals surface area (Å²) in [5, 5.41) is 11.0. The lowest BCUT2D eigenvalue weighted by Crippen LogP contribution is -2.18. The minimum Gasteiger partial charge on any atom is -0.454 e. The zero-order valence-corrected chi connectivity index (χ0v) is 18.5. The Balaban J connectivity index is 1.34. The summed E-state index contributed by atoms with van der Waals surface area (Å²) in [6.07, 6.45) is 3.48. The third kappa shape index (κ3) is 5.22. The zero-order chi connectivity index (χ0) is 22.5. The van der Waals surface area contributed by atoms with Gasteiger partial charge in [-0.05, 0) is 70.9 Å². The number of anilines is 1. The van der Waals surface area contributed by atoms with Gasteiger partial charge in [-0.2, -0.15) is 10.2 Å². The second-order valence-electron chi connectivity index (χ2n) is 6.74. The van der Waals surface area contributed by atoms with Crippen molar-refractivity contribution in [2.24, 2.45) is 5.10 Å². The normalized spacial score (nSPS) is 11.4. The van der Waals surface area contributed by atoms with E-state index in [1.165, 1.54) is 0 Å². The molecule has 0 saturated heterocycles. The maximum atomic E-state index is 12.3. The van der Waals surface area contributed by atoms with Gasteiger partial charge in [0.25, 0.3) is 5.91 Å². The van der Waals surface area contributed by atoms with Gasteiger partial charge in [-0.1, -0.05) is 12.1 Å². The predicted molar refractivity (Wildman–Crippen MR) is 121 cm³/mol. The van der Waals surface area contributed by atoms with Crippen LogP contribution < -0.4 is 10.7 Å². The van der Waals surface area contributed by atoms with E-state index < -0.39 is 5.91 Å².